The number of hydrogen-bond donors (Lipinski definition) is 1. The van der Waals surface area contributed by atoms with Crippen LogP contribution in [-0.4, -0.2) is 12.2 Å². The number of methoxy groups -OCH3 is 1. The van der Waals surface area contributed by atoms with E-state index in [4.69, 9.17) is 9.47 Å². The molecule has 0 spiro atoms. The summed E-state index contributed by atoms with van der Waals surface area (Å²) in [6.45, 7) is 3.72. The summed E-state index contributed by atoms with van der Waals surface area (Å²) in [4.78, 5) is 0. The van der Waals surface area contributed by atoms with E-state index >= 15 is 0 Å². The minimum atomic E-state index is -0.638. The van der Waals surface area contributed by atoms with Gasteiger partial charge in [-0.3, -0.25) is 0 Å². The molecular weight excluding hydrogens is 271 g/mol. The Morgan fingerprint density at radius 2 is 1.95 bits per heavy atom. The van der Waals surface area contributed by atoms with Crippen molar-refractivity contribution in [3.05, 3.63) is 58.9 Å². The second-order valence-corrected chi connectivity index (χ2v) is 4.96. The van der Waals surface area contributed by atoms with Crippen LogP contribution in [-0.2, 0) is 6.61 Å². The molecule has 3 nitrogen and oxygen atoms in total. The molecule has 0 fully saturated rings. The number of halogens is 1. The maximum atomic E-state index is 13.9. The fourth-order valence-electron chi connectivity index (χ4n) is 2.05. The highest BCUT2D eigenvalue weighted by Crippen LogP contribution is 2.27. The second-order valence-electron chi connectivity index (χ2n) is 4.96. The normalized spacial score (nSPS) is 12.0. The molecule has 0 unspecified atom stereocenters. The first-order valence-electron chi connectivity index (χ1n) is 6.75. The van der Waals surface area contributed by atoms with Crippen molar-refractivity contribution in [2.45, 2.75) is 26.6 Å². The summed E-state index contributed by atoms with van der Waals surface area (Å²) >= 11 is 0. The van der Waals surface area contributed by atoms with Crippen LogP contribution in [0.5, 0.6) is 11.5 Å². The highest BCUT2D eigenvalue weighted by atomic mass is 19.1. The standard InChI is InChI=1S/C17H19FO3/c1-11-4-7-17(15(8-11)12(2)19)21-10-13-5-6-14(20-3)9-16(13)18/h4-9,12,19H,10H2,1-3H3/t12-/m1/s1. The first kappa shape index (κ1) is 15.3. The Labute approximate surface area is 124 Å². The van der Waals surface area contributed by atoms with Crippen LogP contribution in [0.25, 0.3) is 0 Å². The minimum Gasteiger partial charge on any atom is -0.497 e. The van der Waals surface area contributed by atoms with Crippen molar-refractivity contribution in [3.63, 3.8) is 0 Å². The number of hydrogen-bond acceptors (Lipinski definition) is 3. The molecule has 0 aliphatic rings. The van der Waals surface area contributed by atoms with Crippen LogP contribution >= 0.6 is 0 Å². The van der Waals surface area contributed by atoms with E-state index in [1.807, 2.05) is 19.1 Å². The number of benzene rings is 2. The van der Waals surface area contributed by atoms with Crippen molar-refractivity contribution >= 4 is 0 Å². The van der Waals surface area contributed by atoms with Gasteiger partial charge in [0, 0.05) is 17.2 Å². The van der Waals surface area contributed by atoms with Gasteiger partial charge in [0.1, 0.15) is 23.9 Å². The highest BCUT2D eigenvalue weighted by molar-refractivity contribution is 5.38. The van der Waals surface area contributed by atoms with E-state index < -0.39 is 6.10 Å². The molecule has 4 heteroatoms. The lowest BCUT2D eigenvalue weighted by atomic mass is 10.1. The van der Waals surface area contributed by atoms with Crippen LogP contribution in [0.15, 0.2) is 36.4 Å². The van der Waals surface area contributed by atoms with Gasteiger partial charge in [0.2, 0.25) is 0 Å². The molecule has 2 aromatic rings. The summed E-state index contributed by atoms with van der Waals surface area (Å²) < 4.78 is 24.5. The average molecular weight is 290 g/mol. The van der Waals surface area contributed by atoms with Crippen LogP contribution in [0.4, 0.5) is 4.39 Å². The largest absolute Gasteiger partial charge is 0.497 e. The molecule has 0 radical (unpaired) electrons. The van der Waals surface area contributed by atoms with E-state index in [1.165, 1.54) is 13.2 Å². The van der Waals surface area contributed by atoms with Crippen LogP contribution in [0.2, 0.25) is 0 Å². The van der Waals surface area contributed by atoms with E-state index in [0.717, 1.165) is 5.56 Å². The number of aliphatic hydroxyl groups excluding tert-OH is 1. The van der Waals surface area contributed by atoms with Crippen molar-refractivity contribution in [2.24, 2.45) is 0 Å². The molecule has 2 rings (SSSR count). The van der Waals surface area contributed by atoms with Crippen molar-refractivity contribution in [1.29, 1.82) is 0 Å². The lowest BCUT2D eigenvalue weighted by Gasteiger charge is -2.15. The van der Waals surface area contributed by atoms with Crippen molar-refractivity contribution in [2.75, 3.05) is 7.11 Å². The number of rotatable bonds is 5. The molecule has 2 aromatic carbocycles. The first-order chi connectivity index (χ1) is 10.0. The third-order valence-corrected chi connectivity index (χ3v) is 3.26. The molecule has 21 heavy (non-hydrogen) atoms. The molecular formula is C17H19FO3. The average Bonchev–Trinajstić information content (AvgIpc) is 2.46. The van der Waals surface area contributed by atoms with Crippen LogP contribution in [0, 0.1) is 12.7 Å². The Bertz CT molecular complexity index is 623. The maximum Gasteiger partial charge on any atom is 0.133 e. The van der Waals surface area contributed by atoms with Crippen LogP contribution < -0.4 is 9.47 Å². The van der Waals surface area contributed by atoms with Gasteiger partial charge >= 0.3 is 0 Å². The molecule has 0 aliphatic heterocycles. The molecule has 0 bridgehead atoms. The summed E-state index contributed by atoms with van der Waals surface area (Å²) in [6.07, 6.45) is -0.638. The molecule has 0 aliphatic carbocycles. The lowest BCUT2D eigenvalue weighted by molar-refractivity contribution is 0.189. The lowest BCUT2D eigenvalue weighted by Crippen LogP contribution is -2.03. The summed E-state index contributed by atoms with van der Waals surface area (Å²) in [5.74, 6) is 0.655. The third-order valence-electron chi connectivity index (χ3n) is 3.26. The SMILES string of the molecule is COc1ccc(COc2ccc(C)cc2[C@@H](C)O)c(F)c1. The second kappa shape index (κ2) is 6.59. The zero-order valence-electron chi connectivity index (χ0n) is 12.4. The molecule has 0 saturated heterocycles. The molecule has 1 atom stereocenters. The minimum absolute atomic E-state index is 0.0958. The molecule has 112 valence electrons. The monoisotopic (exact) mass is 290 g/mol. The fourth-order valence-corrected chi connectivity index (χ4v) is 2.05. The Morgan fingerprint density at radius 1 is 1.19 bits per heavy atom. The smallest absolute Gasteiger partial charge is 0.133 e. The van der Waals surface area contributed by atoms with Gasteiger partial charge in [-0.1, -0.05) is 11.6 Å². The Balaban J connectivity index is 2.16. The predicted molar refractivity (Wildman–Crippen MR) is 79.1 cm³/mol. The van der Waals surface area contributed by atoms with Crippen molar-refractivity contribution in [3.8, 4) is 11.5 Å². The fraction of sp³-hybridized carbons (Fsp3) is 0.294. The van der Waals surface area contributed by atoms with Gasteiger partial charge in [0.15, 0.2) is 0 Å². The van der Waals surface area contributed by atoms with E-state index in [1.54, 1.807) is 25.1 Å². The molecule has 0 aromatic heterocycles. The van der Waals surface area contributed by atoms with E-state index in [2.05, 4.69) is 0 Å². The molecule has 0 amide bonds. The number of ether oxygens (including phenoxy) is 2. The summed E-state index contributed by atoms with van der Waals surface area (Å²) in [5.41, 5.74) is 2.17. The van der Waals surface area contributed by atoms with Gasteiger partial charge < -0.3 is 14.6 Å². The molecule has 0 heterocycles. The quantitative estimate of drug-likeness (QED) is 0.911. The van der Waals surface area contributed by atoms with Gasteiger partial charge in [-0.25, -0.2) is 4.39 Å². The number of aliphatic hydroxyl groups is 1. The number of aryl methyl sites for hydroxylation is 1. The predicted octanol–water partition coefficient (Wildman–Crippen LogP) is 3.78. The van der Waals surface area contributed by atoms with Gasteiger partial charge in [-0.15, -0.1) is 0 Å². The van der Waals surface area contributed by atoms with E-state index in [0.29, 0.717) is 22.6 Å². The molecule has 1 N–H and O–H groups in total. The third kappa shape index (κ3) is 3.73. The van der Waals surface area contributed by atoms with Gasteiger partial charge in [0.25, 0.3) is 0 Å². The van der Waals surface area contributed by atoms with Gasteiger partial charge in [0.05, 0.1) is 13.2 Å². The van der Waals surface area contributed by atoms with Crippen LogP contribution in [0.1, 0.15) is 29.7 Å². The summed E-state index contributed by atoms with van der Waals surface area (Å²) in [5, 5.41) is 9.78. The summed E-state index contributed by atoms with van der Waals surface area (Å²) in [7, 11) is 1.49. The highest BCUT2D eigenvalue weighted by Gasteiger charge is 2.11. The molecule has 0 saturated carbocycles. The summed E-state index contributed by atoms with van der Waals surface area (Å²) in [6, 6.07) is 10.2. The zero-order valence-corrected chi connectivity index (χ0v) is 12.4. The Morgan fingerprint density at radius 3 is 2.57 bits per heavy atom. The Kier molecular flexibility index (Phi) is 4.81. The maximum absolute atomic E-state index is 13.9. The van der Waals surface area contributed by atoms with Gasteiger partial charge in [-0.05, 0) is 38.1 Å². The van der Waals surface area contributed by atoms with Crippen molar-refractivity contribution < 1.29 is 19.0 Å². The van der Waals surface area contributed by atoms with Crippen molar-refractivity contribution in [1.82, 2.24) is 0 Å². The van der Waals surface area contributed by atoms with Gasteiger partial charge in [-0.2, -0.15) is 0 Å². The zero-order chi connectivity index (χ0) is 15.4. The van der Waals surface area contributed by atoms with Crippen LogP contribution in [0.3, 0.4) is 0 Å². The van der Waals surface area contributed by atoms with E-state index in [-0.39, 0.29) is 12.4 Å². The Hall–Kier alpha value is -2.07. The van der Waals surface area contributed by atoms with E-state index in [9.17, 15) is 9.50 Å². The first-order valence-corrected chi connectivity index (χ1v) is 6.75. The topological polar surface area (TPSA) is 38.7 Å².